The van der Waals surface area contributed by atoms with E-state index in [0.717, 1.165) is 24.9 Å². The van der Waals surface area contributed by atoms with E-state index >= 15 is 0 Å². The van der Waals surface area contributed by atoms with Gasteiger partial charge < -0.3 is 15.3 Å². The summed E-state index contributed by atoms with van der Waals surface area (Å²) in [7, 11) is 1.86. The topological polar surface area (TPSA) is 69.6 Å². The SMILES string of the molecule is CCCN(CC(=O)O)C(=O)c1ccccc1CCNC. The van der Waals surface area contributed by atoms with Crippen molar-refractivity contribution in [1.82, 2.24) is 10.2 Å². The Bertz CT molecular complexity index is 460. The number of likely N-dealkylation sites (N-methyl/N-ethyl adjacent to an activating group) is 1. The maximum atomic E-state index is 12.5. The van der Waals surface area contributed by atoms with E-state index < -0.39 is 5.97 Å². The Hall–Kier alpha value is -1.88. The number of hydrogen-bond donors (Lipinski definition) is 2. The normalized spacial score (nSPS) is 10.3. The number of carboxylic acid groups (broad SMARTS) is 1. The van der Waals surface area contributed by atoms with E-state index in [1.807, 2.05) is 26.1 Å². The highest BCUT2D eigenvalue weighted by atomic mass is 16.4. The second-order valence-electron chi connectivity index (χ2n) is 4.63. The lowest BCUT2D eigenvalue weighted by molar-refractivity contribution is -0.137. The Labute approximate surface area is 119 Å². The molecule has 0 atom stereocenters. The van der Waals surface area contributed by atoms with Gasteiger partial charge in [0.2, 0.25) is 0 Å². The number of carbonyl (C=O) groups is 2. The molecule has 0 spiro atoms. The van der Waals surface area contributed by atoms with E-state index in [4.69, 9.17) is 5.11 Å². The van der Waals surface area contributed by atoms with Crippen LogP contribution in [0, 0.1) is 0 Å². The Balaban J connectivity index is 2.95. The molecule has 1 aromatic rings. The Morgan fingerprint density at radius 3 is 2.60 bits per heavy atom. The number of benzene rings is 1. The lowest BCUT2D eigenvalue weighted by Gasteiger charge is -2.21. The molecule has 0 fully saturated rings. The molecule has 0 saturated carbocycles. The maximum absolute atomic E-state index is 12.5. The zero-order chi connectivity index (χ0) is 15.0. The van der Waals surface area contributed by atoms with E-state index in [0.29, 0.717) is 12.1 Å². The van der Waals surface area contributed by atoms with Crippen LogP contribution in [-0.4, -0.2) is 48.6 Å². The molecule has 0 heterocycles. The predicted molar refractivity (Wildman–Crippen MR) is 77.9 cm³/mol. The van der Waals surface area contributed by atoms with Gasteiger partial charge in [-0.1, -0.05) is 25.1 Å². The summed E-state index contributed by atoms with van der Waals surface area (Å²) in [5.74, 6) is -1.19. The van der Waals surface area contributed by atoms with Crippen molar-refractivity contribution >= 4 is 11.9 Å². The smallest absolute Gasteiger partial charge is 0.323 e. The summed E-state index contributed by atoms with van der Waals surface area (Å²) in [5, 5.41) is 12.0. The number of nitrogens with zero attached hydrogens (tertiary/aromatic N) is 1. The van der Waals surface area contributed by atoms with Crippen LogP contribution in [0.4, 0.5) is 0 Å². The fraction of sp³-hybridized carbons (Fsp3) is 0.467. The summed E-state index contributed by atoms with van der Waals surface area (Å²) in [6, 6.07) is 7.37. The summed E-state index contributed by atoms with van der Waals surface area (Å²) < 4.78 is 0. The molecule has 1 amide bonds. The van der Waals surface area contributed by atoms with Gasteiger partial charge >= 0.3 is 5.97 Å². The predicted octanol–water partition coefficient (Wildman–Crippen LogP) is 1.39. The monoisotopic (exact) mass is 278 g/mol. The van der Waals surface area contributed by atoms with Gasteiger partial charge in [0.1, 0.15) is 6.54 Å². The average molecular weight is 278 g/mol. The summed E-state index contributed by atoms with van der Waals surface area (Å²) in [6.45, 7) is 2.89. The van der Waals surface area contributed by atoms with Gasteiger partial charge in [-0.2, -0.15) is 0 Å². The molecule has 0 saturated heterocycles. The molecule has 1 rings (SSSR count). The first-order valence-corrected chi connectivity index (χ1v) is 6.83. The first kappa shape index (κ1) is 16.2. The number of rotatable bonds is 8. The van der Waals surface area contributed by atoms with Crippen LogP contribution in [0.2, 0.25) is 0 Å². The van der Waals surface area contributed by atoms with Crippen LogP contribution in [0.15, 0.2) is 24.3 Å². The minimum absolute atomic E-state index is 0.207. The quantitative estimate of drug-likeness (QED) is 0.754. The molecule has 0 aromatic heterocycles. The molecule has 0 bridgehead atoms. The van der Waals surface area contributed by atoms with Crippen molar-refractivity contribution in [2.75, 3.05) is 26.7 Å². The molecule has 0 radical (unpaired) electrons. The number of carboxylic acids is 1. The van der Waals surface area contributed by atoms with Crippen molar-refractivity contribution in [3.8, 4) is 0 Å². The number of carbonyl (C=O) groups excluding carboxylic acids is 1. The van der Waals surface area contributed by atoms with Crippen molar-refractivity contribution in [2.24, 2.45) is 0 Å². The fourth-order valence-corrected chi connectivity index (χ4v) is 2.06. The van der Waals surface area contributed by atoms with Gasteiger partial charge in [0.05, 0.1) is 0 Å². The summed E-state index contributed by atoms with van der Waals surface area (Å²) in [4.78, 5) is 24.8. The van der Waals surface area contributed by atoms with Crippen molar-refractivity contribution in [3.05, 3.63) is 35.4 Å². The standard InChI is InChI=1S/C15H22N2O3/c1-3-10-17(11-14(18)19)15(20)13-7-5-4-6-12(13)8-9-16-2/h4-7,16H,3,8-11H2,1-2H3,(H,18,19). The van der Waals surface area contributed by atoms with E-state index in [-0.39, 0.29) is 12.5 Å². The van der Waals surface area contributed by atoms with E-state index in [2.05, 4.69) is 5.32 Å². The van der Waals surface area contributed by atoms with E-state index in [1.54, 1.807) is 12.1 Å². The van der Waals surface area contributed by atoms with Crippen molar-refractivity contribution in [1.29, 1.82) is 0 Å². The van der Waals surface area contributed by atoms with Crippen LogP contribution in [-0.2, 0) is 11.2 Å². The van der Waals surface area contributed by atoms with Crippen LogP contribution in [0.1, 0.15) is 29.3 Å². The van der Waals surface area contributed by atoms with Crippen LogP contribution in [0.3, 0.4) is 0 Å². The molecule has 20 heavy (non-hydrogen) atoms. The Morgan fingerprint density at radius 1 is 1.30 bits per heavy atom. The molecular formula is C15H22N2O3. The fourth-order valence-electron chi connectivity index (χ4n) is 2.06. The molecule has 0 aliphatic carbocycles. The third-order valence-corrected chi connectivity index (χ3v) is 3.00. The molecular weight excluding hydrogens is 256 g/mol. The number of hydrogen-bond acceptors (Lipinski definition) is 3. The van der Waals surface area contributed by atoms with Crippen molar-refractivity contribution in [3.63, 3.8) is 0 Å². The highest BCUT2D eigenvalue weighted by Crippen LogP contribution is 2.13. The van der Waals surface area contributed by atoms with Crippen LogP contribution in [0.5, 0.6) is 0 Å². The van der Waals surface area contributed by atoms with Crippen molar-refractivity contribution < 1.29 is 14.7 Å². The van der Waals surface area contributed by atoms with Gasteiger partial charge in [0.15, 0.2) is 0 Å². The lowest BCUT2D eigenvalue weighted by atomic mass is 10.0. The largest absolute Gasteiger partial charge is 0.480 e. The first-order valence-electron chi connectivity index (χ1n) is 6.83. The van der Waals surface area contributed by atoms with Crippen LogP contribution >= 0.6 is 0 Å². The molecule has 0 aliphatic rings. The third kappa shape index (κ3) is 4.66. The summed E-state index contributed by atoms with van der Waals surface area (Å²) in [5.41, 5.74) is 1.54. The second-order valence-corrected chi connectivity index (χ2v) is 4.63. The van der Waals surface area contributed by atoms with Crippen LogP contribution in [0.25, 0.3) is 0 Å². The van der Waals surface area contributed by atoms with E-state index in [1.165, 1.54) is 4.90 Å². The molecule has 5 heteroatoms. The van der Waals surface area contributed by atoms with E-state index in [9.17, 15) is 9.59 Å². The molecule has 1 aromatic carbocycles. The third-order valence-electron chi connectivity index (χ3n) is 3.00. The maximum Gasteiger partial charge on any atom is 0.323 e. The summed E-state index contributed by atoms with van der Waals surface area (Å²) >= 11 is 0. The lowest BCUT2D eigenvalue weighted by Crippen LogP contribution is -2.36. The van der Waals surface area contributed by atoms with Gasteiger partial charge in [-0.05, 0) is 38.1 Å². The van der Waals surface area contributed by atoms with Gasteiger partial charge in [0, 0.05) is 12.1 Å². The Kier molecular flexibility index (Phi) is 6.73. The van der Waals surface area contributed by atoms with Gasteiger partial charge in [-0.3, -0.25) is 9.59 Å². The highest BCUT2D eigenvalue weighted by Gasteiger charge is 2.19. The molecule has 110 valence electrons. The minimum Gasteiger partial charge on any atom is -0.480 e. The zero-order valence-corrected chi connectivity index (χ0v) is 12.1. The molecule has 2 N–H and O–H groups in total. The van der Waals surface area contributed by atoms with Gasteiger partial charge in [0.25, 0.3) is 5.91 Å². The highest BCUT2D eigenvalue weighted by molar-refractivity contribution is 5.97. The minimum atomic E-state index is -0.987. The van der Waals surface area contributed by atoms with Crippen molar-refractivity contribution in [2.45, 2.75) is 19.8 Å². The number of aliphatic carboxylic acids is 1. The van der Waals surface area contributed by atoms with Crippen LogP contribution < -0.4 is 5.32 Å². The first-order chi connectivity index (χ1) is 9.60. The number of nitrogens with one attached hydrogen (secondary N) is 1. The molecule has 5 nitrogen and oxygen atoms in total. The average Bonchev–Trinajstić information content (AvgIpc) is 2.44. The van der Waals surface area contributed by atoms with Gasteiger partial charge in [-0.15, -0.1) is 0 Å². The Morgan fingerprint density at radius 2 is 2.00 bits per heavy atom. The second kappa shape index (κ2) is 8.32. The zero-order valence-electron chi connectivity index (χ0n) is 12.1. The molecule has 0 unspecified atom stereocenters. The van der Waals surface area contributed by atoms with Gasteiger partial charge in [-0.25, -0.2) is 0 Å². The summed E-state index contributed by atoms with van der Waals surface area (Å²) in [6.07, 6.45) is 1.48. The molecule has 0 aliphatic heterocycles. The number of amides is 1.